The summed E-state index contributed by atoms with van der Waals surface area (Å²) in [5, 5.41) is 3.59. The highest BCUT2D eigenvalue weighted by molar-refractivity contribution is 6.32. The van der Waals surface area contributed by atoms with Crippen molar-refractivity contribution in [1.82, 2.24) is 14.5 Å². The van der Waals surface area contributed by atoms with E-state index in [2.05, 4.69) is 15.3 Å². The Hall–Kier alpha value is -3.13. The van der Waals surface area contributed by atoms with Crippen molar-refractivity contribution in [3.63, 3.8) is 0 Å². The second-order valence-electron chi connectivity index (χ2n) is 7.73. The lowest BCUT2D eigenvalue weighted by atomic mass is 9.95. The van der Waals surface area contributed by atoms with Crippen molar-refractivity contribution < 1.29 is 14.3 Å². The van der Waals surface area contributed by atoms with Crippen molar-refractivity contribution in [2.45, 2.75) is 45.1 Å². The van der Waals surface area contributed by atoms with Crippen LogP contribution in [0, 0.1) is 0 Å². The van der Waals surface area contributed by atoms with Crippen LogP contribution < -0.4 is 20.3 Å². The molecule has 2 aromatic heterocycles. The maximum atomic E-state index is 13.3. The van der Waals surface area contributed by atoms with Gasteiger partial charge in [0, 0.05) is 11.8 Å². The molecular weight excluding hydrogens is 432 g/mol. The van der Waals surface area contributed by atoms with E-state index in [1.165, 1.54) is 25.1 Å². The van der Waals surface area contributed by atoms with Gasteiger partial charge in [-0.2, -0.15) is 0 Å². The van der Waals surface area contributed by atoms with Gasteiger partial charge >= 0.3 is 0 Å². The SMILES string of the molecule is CC[C@H](C(=O)Nc1cc(Cl)c(OC)cc1OC)n1cnc2nc3c(cc2c1=O)CCCC3. The predicted molar refractivity (Wildman–Crippen MR) is 123 cm³/mol. The van der Waals surface area contributed by atoms with Crippen molar-refractivity contribution >= 4 is 34.2 Å². The van der Waals surface area contributed by atoms with Crippen LogP contribution in [0.3, 0.4) is 0 Å². The summed E-state index contributed by atoms with van der Waals surface area (Å²) >= 11 is 6.22. The van der Waals surface area contributed by atoms with Gasteiger partial charge in [0.15, 0.2) is 5.65 Å². The van der Waals surface area contributed by atoms with Crippen LogP contribution in [0.2, 0.25) is 5.02 Å². The monoisotopic (exact) mass is 456 g/mol. The largest absolute Gasteiger partial charge is 0.495 e. The zero-order valence-corrected chi connectivity index (χ0v) is 19.0. The molecule has 1 aromatic carbocycles. The Balaban J connectivity index is 1.69. The van der Waals surface area contributed by atoms with Gasteiger partial charge in [0.25, 0.3) is 5.56 Å². The lowest BCUT2D eigenvalue weighted by Gasteiger charge is -2.20. The normalized spacial score (nSPS) is 14.0. The minimum atomic E-state index is -0.763. The van der Waals surface area contributed by atoms with Crippen LogP contribution in [0.1, 0.15) is 43.5 Å². The number of hydrogen-bond acceptors (Lipinski definition) is 6. The number of amides is 1. The standard InChI is InChI=1S/C23H25ClN4O4/c1-4-18(22(29)27-17-10-15(24)19(31-2)11-20(17)32-3)28-12-25-21-14(23(28)30)9-13-7-5-6-8-16(13)26-21/h9-12,18H,4-8H2,1-3H3,(H,27,29)/t18-/m1/s1. The van der Waals surface area contributed by atoms with Gasteiger partial charge in [-0.25, -0.2) is 9.97 Å². The number of anilines is 1. The van der Waals surface area contributed by atoms with Crippen molar-refractivity contribution in [3.8, 4) is 11.5 Å². The van der Waals surface area contributed by atoms with Gasteiger partial charge in [-0.1, -0.05) is 18.5 Å². The number of carbonyl (C=O) groups is 1. The molecule has 2 heterocycles. The number of aryl methyl sites for hydroxylation is 2. The van der Waals surface area contributed by atoms with E-state index >= 15 is 0 Å². The van der Waals surface area contributed by atoms with E-state index in [1.807, 2.05) is 13.0 Å². The molecule has 168 valence electrons. The first-order chi connectivity index (χ1) is 15.5. The zero-order valence-electron chi connectivity index (χ0n) is 18.3. The molecule has 0 saturated carbocycles. The summed E-state index contributed by atoms with van der Waals surface area (Å²) in [6.07, 6.45) is 5.79. The number of fused-ring (bicyclic) bond motifs is 2. The van der Waals surface area contributed by atoms with Crippen LogP contribution in [0.25, 0.3) is 11.0 Å². The van der Waals surface area contributed by atoms with E-state index in [1.54, 1.807) is 12.1 Å². The molecule has 0 bridgehead atoms. The minimum Gasteiger partial charge on any atom is -0.495 e. The molecule has 1 N–H and O–H groups in total. The zero-order chi connectivity index (χ0) is 22.8. The van der Waals surface area contributed by atoms with Crippen LogP contribution in [0.4, 0.5) is 5.69 Å². The first-order valence-electron chi connectivity index (χ1n) is 10.6. The molecule has 4 rings (SSSR count). The molecule has 3 aromatic rings. The number of aromatic nitrogens is 3. The maximum Gasteiger partial charge on any atom is 0.263 e. The number of carbonyl (C=O) groups excluding carboxylic acids is 1. The topological polar surface area (TPSA) is 95.3 Å². The van der Waals surface area contributed by atoms with E-state index in [9.17, 15) is 9.59 Å². The van der Waals surface area contributed by atoms with E-state index in [4.69, 9.17) is 21.1 Å². The highest BCUT2D eigenvalue weighted by atomic mass is 35.5. The van der Waals surface area contributed by atoms with Crippen LogP contribution in [0.15, 0.2) is 29.3 Å². The van der Waals surface area contributed by atoms with Gasteiger partial charge in [0.05, 0.1) is 30.3 Å². The molecule has 0 fully saturated rings. The predicted octanol–water partition coefficient (Wildman–Crippen LogP) is 3.93. The van der Waals surface area contributed by atoms with Gasteiger partial charge in [0.2, 0.25) is 5.91 Å². The smallest absolute Gasteiger partial charge is 0.263 e. The molecule has 0 saturated heterocycles. The summed E-state index contributed by atoms with van der Waals surface area (Å²) < 4.78 is 11.9. The van der Waals surface area contributed by atoms with Crippen LogP contribution in [-0.2, 0) is 17.6 Å². The Morgan fingerprint density at radius 3 is 2.66 bits per heavy atom. The van der Waals surface area contributed by atoms with Gasteiger partial charge < -0.3 is 14.8 Å². The number of ether oxygens (including phenoxy) is 2. The Morgan fingerprint density at radius 2 is 1.94 bits per heavy atom. The summed E-state index contributed by atoms with van der Waals surface area (Å²) in [7, 11) is 2.98. The van der Waals surface area contributed by atoms with Crippen LogP contribution >= 0.6 is 11.6 Å². The number of nitrogens with one attached hydrogen (secondary N) is 1. The van der Waals surface area contributed by atoms with E-state index < -0.39 is 6.04 Å². The van der Waals surface area contributed by atoms with Crippen molar-refractivity contribution in [3.05, 3.63) is 51.2 Å². The fourth-order valence-electron chi connectivity index (χ4n) is 4.09. The molecule has 1 amide bonds. The molecule has 32 heavy (non-hydrogen) atoms. The molecule has 9 heteroatoms. The van der Waals surface area contributed by atoms with Gasteiger partial charge in [-0.3, -0.25) is 14.2 Å². The summed E-state index contributed by atoms with van der Waals surface area (Å²) in [6.45, 7) is 1.84. The number of rotatable bonds is 6. The second kappa shape index (κ2) is 9.16. The number of benzene rings is 1. The lowest BCUT2D eigenvalue weighted by Crippen LogP contribution is -2.33. The summed E-state index contributed by atoms with van der Waals surface area (Å²) in [5.74, 6) is 0.454. The third-order valence-electron chi connectivity index (χ3n) is 5.81. The average molecular weight is 457 g/mol. The molecule has 1 aliphatic carbocycles. The molecule has 1 aliphatic rings. The number of halogens is 1. The van der Waals surface area contributed by atoms with E-state index in [-0.39, 0.29) is 11.5 Å². The van der Waals surface area contributed by atoms with Crippen LogP contribution in [-0.4, -0.2) is 34.7 Å². The van der Waals surface area contributed by atoms with Crippen molar-refractivity contribution in [1.29, 1.82) is 0 Å². The number of hydrogen-bond donors (Lipinski definition) is 1. The molecule has 0 radical (unpaired) electrons. The maximum absolute atomic E-state index is 13.3. The Kier molecular flexibility index (Phi) is 6.32. The number of nitrogens with zero attached hydrogens (tertiary/aromatic N) is 3. The minimum absolute atomic E-state index is 0.280. The summed E-state index contributed by atoms with van der Waals surface area (Å²) in [6, 6.07) is 4.28. The average Bonchev–Trinajstić information content (AvgIpc) is 2.80. The number of methoxy groups -OCH3 is 2. The van der Waals surface area contributed by atoms with Gasteiger partial charge in [-0.15, -0.1) is 0 Å². The Labute approximate surface area is 190 Å². The quantitative estimate of drug-likeness (QED) is 0.603. The lowest BCUT2D eigenvalue weighted by molar-refractivity contribution is -0.119. The van der Waals surface area contributed by atoms with E-state index in [0.717, 1.165) is 36.9 Å². The molecule has 8 nitrogen and oxygen atoms in total. The van der Waals surface area contributed by atoms with Crippen molar-refractivity contribution in [2.24, 2.45) is 0 Å². The Bertz CT molecular complexity index is 1240. The molecule has 0 spiro atoms. The van der Waals surface area contributed by atoms with Crippen LogP contribution in [0.5, 0.6) is 11.5 Å². The van der Waals surface area contributed by atoms with Crippen molar-refractivity contribution in [2.75, 3.05) is 19.5 Å². The Morgan fingerprint density at radius 1 is 1.19 bits per heavy atom. The van der Waals surface area contributed by atoms with Gasteiger partial charge in [0.1, 0.15) is 23.9 Å². The summed E-state index contributed by atoms with van der Waals surface area (Å²) in [5.41, 5.74) is 2.64. The number of pyridine rings is 1. The third-order valence-corrected chi connectivity index (χ3v) is 6.10. The fraction of sp³-hybridized carbons (Fsp3) is 0.391. The van der Waals surface area contributed by atoms with Gasteiger partial charge in [-0.05, 0) is 49.8 Å². The highest BCUT2D eigenvalue weighted by Gasteiger charge is 2.24. The second-order valence-corrected chi connectivity index (χ2v) is 8.14. The molecule has 0 aliphatic heterocycles. The molecular formula is C23H25ClN4O4. The third kappa shape index (κ3) is 4.02. The first kappa shape index (κ1) is 22.1. The highest BCUT2D eigenvalue weighted by Crippen LogP contribution is 2.36. The summed E-state index contributed by atoms with van der Waals surface area (Å²) in [4.78, 5) is 35.4. The molecule has 0 unspecified atom stereocenters. The van der Waals surface area contributed by atoms with E-state index in [0.29, 0.717) is 39.7 Å². The fourth-order valence-corrected chi connectivity index (χ4v) is 4.33. The molecule has 1 atom stereocenters. The first-order valence-corrected chi connectivity index (χ1v) is 11.0.